The molecule has 2 aromatic rings. The van der Waals surface area contributed by atoms with Crippen LogP contribution in [0.4, 0.5) is 0 Å². The largest absolute Gasteiger partial charge is 0.494 e. The second-order valence-corrected chi connectivity index (χ2v) is 4.67. The summed E-state index contributed by atoms with van der Waals surface area (Å²) >= 11 is 0. The van der Waals surface area contributed by atoms with E-state index in [9.17, 15) is 9.59 Å². The second kappa shape index (κ2) is 6.43. The number of nitrogens with zero attached hydrogens (tertiary/aromatic N) is 2. The van der Waals surface area contributed by atoms with Crippen molar-refractivity contribution in [2.75, 3.05) is 13.7 Å². The van der Waals surface area contributed by atoms with Crippen LogP contribution in [0.1, 0.15) is 40.4 Å². The standard InChI is InChI=1S/C16H18N2O4/c1-5-22-16(20)15-14(11(3)19)10(2)18(17-15)12-8-6-7-9-13(12)21-4/h6-9H,5H2,1-4H3. The molecular formula is C16H18N2O4. The molecule has 0 saturated carbocycles. The Kier molecular flexibility index (Phi) is 4.60. The first-order valence-electron chi connectivity index (χ1n) is 6.92. The quantitative estimate of drug-likeness (QED) is 0.627. The maximum atomic E-state index is 12.0. The van der Waals surface area contributed by atoms with E-state index in [1.807, 2.05) is 12.1 Å². The van der Waals surface area contributed by atoms with E-state index in [0.717, 1.165) is 0 Å². The van der Waals surface area contributed by atoms with Gasteiger partial charge in [-0.2, -0.15) is 5.10 Å². The van der Waals surface area contributed by atoms with Crippen LogP contribution in [0.2, 0.25) is 0 Å². The number of carbonyl (C=O) groups is 2. The lowest BCUT2D eigenvalue weighted by Gasteiger charge is -2.09. The lowest BCUT2D eigenvalue weighted by molar-refractivity contribution is 0.0516. The normalized spacial score (nSPS) is 10.4. The van der Waals surface area contributed by atoms with Crippen LogP contribution < -0.4 is 4.74 Å². The van der Waals surface area contributed by atoms with Gasteiger partial charge in [-0.25, -0.2) is 9.48 Å². The van der Waals surface area contributed by atoms with Crippen molar-refractivity contribution in [2.45, 2.75) is 20.8 Å². The summed E-state index contributed by atoms with van der Waals surface area (Å²) in [6.45, 7) is 5.06. The summed E-state index contributed by atoms with van der Waals surface area (Å²) in [6, 6.07) is 7.25. The molecule has 0 amide bonds. The Morgan fingerprint density at radius 3 is 2.55 bits per heavy atom. The highest BCUT2D eigenvalue weighted by atomic mass is 16.5. The fourth-order valence-electron chi connectivity index (χ4n) is 2.31. The highest BCUT2D eigenvalue weighted by Crippen LogP contribution is 2.26. The minimum absolute atomic E-state index is 0.0257. The third-order valence-electron chi connectivity index (χ3n) is 3.25. The molecule has 0 spiro atoms. The van der Waals surface area contributed by atoms with Crippen molar-refractivity contribution in [3.63, 3.8) is 0 Å². The number of Topliss-reactive ketones (excluding diaryl/α,β-unsaturated/α-hetero) is 1. The van der Waals surface area contributed by atoms with Crippen LogP contribution in [-0.2, 0) is 4.74 Å². The van der Waals surface area contributed by atoms with Crippen LogP contribution in [0.15, 0.2) is 24.3 Å². The van der Waals surface area contributed by atoms with E-state index >= 15 is 0 Å². The predicted octanol–water partition coefficient (Wildman–Crippen LogP) is 2.57. The fourth-order valence-corrected chi connectivity index (χ4v) is 2.31. The smallest absolute Gasteiger partial charge is 0.359 e. The van der Waals surface area contributed by atoms with Gasteiger partial charge >= 0.3 is 5.97 Å². The summed E-state index contributed by atoms with van der Waals surface area (Å²) in [5, 5.41) is 4.27. The number of benzene rings is 1. The van der Waals surface area contributed by atoms with Gasteiger partial charge in [-0.3, -0.25) is 4.79 Å². The molecule has 6 heteroatoms. The number of esters is 1. The van der Waals surface area contributed by atoms with E-state index in [0.29, 0.717) is 17.1 Å². The van der Waals surface area contributed by atoms with Gasteiger partial charge in [0.25, 0.3) is 0 Å². The van der Waals surface area contributed by atoms with Crippen molar-refractivity contribution in [2.24, 2.45) is 0 Å². The van der Waals surface area contributed by atoms with Gasteiger partial charge < -0.3 is 9.47 Å². The number of para-hydroxylation sites is 2. The molecule has 0 atom stereocenters. The van der Waals surface area contributed by atoms with Crippen LogP contribution in [0.3, 0.4) is 0 Å². The Labute approximate surface area is 128 Å². The van der Waals surface area contributed by atoms with Gasteiger partial charge in [-0.1, -0.05) is 12.1 Å². The van der Waals surface area contributed by atoms with Crippen LogP contribution >= 0.6 is 0 Å². The summed E-state index contributed by atoms with van der Waals surface area (Å²) < 4.78 is 11.8. The van der Waals surface area contributed by atoms with Gasteiger partial charge in [-0.05, 0) is 32.9 Å². The maximum absolute atomic E-state index is 12.0. The molecule has 0 fully saturated rings. The van der Waals surface area contributed by atoms with Crippen LogP contribution in [0.5, 0.6) is 5.75 Å². The van der Waals surface area contributed by atoms with Gasteiger partial charge in [0.15, 0.2) is 11.5 Å². The Morgan fingerprint density at radius 2 is 1.95 bits per heavy atom. The predicted molar refractivity (Wildman–Crippen MR) is 80.8 cm³/mol. The number of hydrogen-bond donors (Lipinski definition) is 0. The highest BCUT2D eigenvalue weighted by molar-refractivity contribution is 6.05. The lowest BCUT2D eigenvalue weighted by Crippen LogP contribution is -2.10. The molecule has 6 nitrogen and oxygen atoms in total. The maximum Gasteiger partial charge on any atom is 0.359 e. The van der Waals surface area contributed by atoms with Crippen molar-refractivity contribution >= 4 is 11.8 Å². The van der Waals surface area contributed by atoms with Crippen molar-refractivity contribution in [1.29, 1.82) is 0 Å². The number of methoxy groups -OCH3 is 1. The summed E-state index contributed by atoms with van der Waals surface area (Å²) in [7, 11) is 1.55. The Balaban J connectivity index is 2.66. The molecule has 0 radical (unpaired) electrons. The van der Waals surface area contributed by atoms with E-state index in [2.05, 4.69) is 5.10 Å². The van der Waals surface area contributed by atoms with Crippen molar-refractivity contribution in [3.8, 4) is 11.4 Å². The third-order valence-corrected chi connectivity index (χ3v) is 3.25. The van der Waals surface area contributed by atoms with Crippen LogP contribution in [0.25, 0.3) is 5.69 Å². The van der Waals surface area contributed by atoms with Gasteiger partial charge in [0.05, 0.1) is 25.0 Å². The molecule has 2 rings (SSSR count). The molecular weight excluding hydrogens is 284 g/mol. The number of hydrogen-bond acceptors (Lipinski definition) is 5. The van der Waals surface area contributed by atoms with Gasteiger partial charge in [-0.15, -0.1) is 0 Å². The van der Waals surface area contributed by atoms with Crippen LogP contribution in [0, 0.1) is 6.92 Å². The fraction of sp³-hybridized carbons (Fsp3) is 0.312. The third kappa shape index (κ3) is 2.72. The number of ketones is 1. The van der Waals surface area contributed by atoms with Crippen molar-refractivity contribution in [1.82, 2.24) is 9.78 Å². The Bertz CT molecular complexity index is 719. The van der Waals surface area contributed by atoms with Gasteiger partial charge in [0.2, 0.25) is 0 Å². The zero-order chi connectivity index (χ0) is 16.3. The van der Waals surface area contributed by atoms with Crippen LogP contribution in [-0.4, -0.2) is 35.2 Å². The highest BCUT2D eigenvalue weighted by Gasteiger charge is 2.26. The minimum atomic E-state index is -0.607. The average Bonchev–Trinajstić information content (AvgIpc) is 2.85. The first-order valence-corrected chi connectivity index (χ1v) is 6.92. The molecule has 22 heavy (non-hydrogen) atoms. The molecule has 1 aromatic heterocycles. The average molecular weight is 302 g/mol. The Morgan fingerprint density at radius 1 is 1.27 bits per heavy atom. The molecule has 0 aliphatic carbocycles. The number of rotatable bonds is 5. The number of ether oxygens (including phenoxy) is 2. The molecule has 0 aliphatic rings. The van der Waals surface area contributed by atoms with Gasteiger partial charge in [0, 0.05) is 0 Å². The molecule has 0 N–H and O–H groups in total. The van der Waals surface area contributed by atoms with E-state index in [-0.39, 0.29) is 23.6 Å². The van der Waals surface area contributed by atoms with Crippen molar-refractivity contribution < 1.29 is 19.1 Å². The van der Waals surface area contributed by atoms with E-state index in [1.165, 1.54) is 11.6 Å². The van der Waals surface area contributed by atoms with E-state index in [4.69, 9.17) is 9.47 Å². The molecule has 1 aromatic carbocycles. The number of carbonyl (C=O) groups excluding carboxylic acids is 2. The molecule has 0 saturated heterocycles. The zero-order valence-electron chi connectivity index (χ0n) is 13.0. The SMILES string of the molecule is CCOC(=O)c1nn(-c2ccccc2OC)c(C)c1C(C)=O. The first kappa shape index (κ1) is 15.8. The molecule has 0 aliphatic heterocycles. The topological polar surface area (TPSA) is 70.4 Å². The monoisotopic (exact) mass is 302 g/mol. The van der Waals surface area contributed by atoms with Gasteiger partial charge in [0.1, 0.15) is 11.4 Å². The number of aromatic nitrogens is 2. The molecule has 0 bridgehead atoms. The first-order chi connectivity index (χ1) is 10.5. The summed E-state index contributed by atoms with van der Waals surface area (Å²) in [5.74, 6) is -0.246. The summed E-state index contributed by atoms with van der Waals surface area (Å²) in [6.07, 6.45) is 0. The Hall–Kier alpha value is -2.63. The molecule has 116 valence electrons. The van der Waals surface area contributed by atoms with E-state index < -0.39 is 5.97 Å². The molecule has 0 unspecified atom stereocenters. The minimum Gasteiger partial charge on any atom is -0.494 e. The van der Waals surface area contributed by atoms with Crippen molar-refractivity contribution in [3.05, 3.63) is 41.2 Å². The molecule has 1 heterocycles. The lowest BCUT2D eigenvalue weighted by atomic mass is 10.1. The van der Waals surface area contributed by atoms with E-state index in [1.54, 1.807) is 33.1 Å². The summed E-state index contributed by atoms with van der Waals surface area (Å²) in [5.41, 5.74) is 1.52. The zero-order valence-corrected chi connectivity index (χ0v) is 13.0. The second-order valence-electron chi connectivity index (χ2n) is 4.67. The summed E-state index contributed by atoms with van der Waals surface area (Å²) in [4.78, 5) is 23.9.